The number of ether oxygens (including phenoxy) is 1. The summed E-state index contributed by atoms with van der Waals surface area (Å²) in [6, 6.07) is 9.07. The number of esters is 1. The molecule has 31 heavy (non-hydrogen) atoms. The summed E-state index contributed by atoms with van der Waals surface area (Å²) in [7, 11) is 0. The van der Waals surface area contributed by atoms with Crippen molar-refractivity contribution in [3.05, 3.63) is 83.1 Å². The van der Waals surface area contributed by atoms with Gasteiger partial charge in [0.05, 0.1) is 12.5 Å². The van der Waals surface area contributed by atoms with Gasteiger partial charge in [-0.1, -0.05) is 5.16 Å². The molecule has 0 aliphatic carbocycles. The molecule has 0 saturated carbocycles. The van der Waals surface area contributed by atoms with Crippen LogP contribution in [0.15, 0.2) is 53.4 Å². The fourth-order valence-corrected chi connectivity index (χ4v) is 3.39. The lowest BCUT2D eigenvalue weighted by atomic mass is 10.1. The summed E-state index contributed by atoms with van der Waals surface area (Å²) >= 11 is 0. The quantitative estimate of drug-likeness (QED) is 0.347. The Morgan fingerprint density at radius 2 is 1.87 bits per heavy atom. The summed E-state index contributed by atoms with van der Waals surface area (Å²) in [5.41, 5.74) is 2.57. The number of halogens is 1. The fraction of sp³-hybridized carbons (Fsp3) is 0.182. The van der Waals surface area contributed by atoms with Crippen molar-refractivity contribution >= 4 is 11.8 Å². The summed E-state index contributed by atoms with van der Waals surface area (Å²) in [6.07, 6.45) is 2.74. The van der Waals surface area contributed by atoms with Crippen LogP contribution in [0.1, 0.15) is 38.0 Å². The molecule has 0 amide bonds. The van der Waals surface area contributed by atoms with Crippen LogP contribution in [0.4, 0.5) is 4.39 Å². The van der Waals surface area contributed by atoms with Gasteiger partial charge in [-0.05, 0) is 51.1 Å². The monoisotopic (exact) mass is 422 g/mol. The predicted octanol–water partition coefficient (Wildman–Crippen LogP) is 3.76. The third kappa shape index (κ3) is 3.89. The predicted molar refractivity (Wildman–Crippen MR) is 108 cm³/mol. The topological polar surface area (TPSA) is 92.2 Å². The summed E-state index contributed by atoms with van der Waals surface area (Å²) in [5.74, 6) is -0.220. The van der Waals surface area contributed by atoms with Crippen molar-refractivity contribution in [3.63, 3.8) is 0 Å². The van der Waals surface area contributed by atoms with Gasteiger partial charge >= 0.3 is 5.97 Å². The standard InChI is InChI=1S/C22H19FN4O4/c1-13-8-18(15(3)27(13)21-9-14(2)31-25-21)20(28)11-30-22(29)19-10-24-12-26(19)17-6-4-16(23)5-7-17/h4-10,12H,11H2,1-3H3. The highest BCUT2D eigenvalue weighted by molar-refractivity contribution is 6.00. The molecule has 0 saturated heterocycles. The summed E-state index contributed by atoms with van der Waals surface area (Å²) in [4.78, 5) is 29.2. The Labute approximate surface area is 176 Å². The molecule has 0 N–H and O–H groups in total. The Morgan fingerprint density at radius 3 is 2.55 bits per heavy atom. The Kier molecular flexibility index (Phi) is 5.24. The number of hydrogen-bond acceptors (Lipinski definition) is 6. The average molecular weight is 422 g/mol. The summed E-state index contributed by atoms with van der Waals surface area (Å²) in [6.45, 7) is 4.99. The van der Waals surface area contributed by atoms with Gasteiger partial charge in [0.15, 0.2) is 18.1 Å². The number of aromatic nitrogens is 4. The molecule has 9 heteroatoms. The van der Waals surface area contributed by atoms with Crippen LogP contribution >= 0.6 is 0 Å². The van der Waals surface area contributed by atoms with Gasteiger partial charge in [0.1, 0.15) is 11.6 Å². The zero-order chi connectivity index (χ0) is 22.1. The Hall–Kier alpha value is -4.01. The third-order valence-corrected chi connectivity index (χ3v) is 4.86. The van der Waals surface area contributed by atoms with Gasteiger partial charge in [-0.3, -0.25) is 13.9 Å². The highest BCUT2D eigenvalue weighted by Crippen LogP contribution is 2.21. The maximum absolute atomic E-state index is 13.2. The molecular formula is C22H19FN4O4. The lowest BCUT2D eigenvalue weighted by molar-refractivity contribution is 0.0466. The second-order valence-electron chi connectivity index (χ2n) is 7.04. The van der Waals surface area contributed by atoms with E-state index in [1.165, 1.54) is 41.4 Å². The molecule has 3 heterocycles. The van der Waals surface area contributed by atoms with Crippen LogP contribution < -0.4 is 0 Å². The van der Waals surface area contributed by atoms with Gasteiger partial charge in [0, 0.05) is 28.7 Å². The maximum atomic E-state index is 13.2. The minimum absolute atomic E-state index is 0.128. The van der Waals surface area contributed by atoms with E-state index in [0.717, 1.165) is 5.69 Å². The summed E-state index contributed by atoms with van der Waals surface area (Å²) < 4.78 is 26.8. The lowest BCUT2D eigenvalue weighted by Crippen LogP contribution is -2.17. The van der Waals surface area contributed by atoms with Gasteiger partial charge in [0.2, 0.25) is 5.78 Å². The first-order valence-corrected chi connectivity index (χ1v) is 9.46. The molecule has 4 rings (SSSR count). The lowest BCUT2D eigenvalue weighted by Gasteiger charge is -2.08. The van der Waals surface area contributed by atoms with Crippen LogP contribution in [0.25, 0.3) is 11.5 Å². The number of ketones is 1. The van der Waals surface area contributed by atoms with E-state index in [4.69, 9.17) is 9.26 Å². The number of carbonyl (C=O) groups is 2. The minimum Gasteiger partial charge on any atom is -0.453 e. The summed E-state index contributed by atoms with van der Waals surface area (Å²) in [5, 5.41) is 3.99. The first kappa shape index (κ1) is 20.3. The van der Waals surface area contributed by atoms with E-state index in [-0.39, 0.29) is 11.5 Å². The molecule has 0 aliphatic heterocycles. The van der Waals surface area contributed by atoms with Gasteiger partial charge in [-0.15, -0.1) is 0 Å². The number of Topliss-reactive ketones (excluding diaryl/α,β-unsaturated/α-hetero) is 1. The van der Waals surface area contributed by atoms with E-state index in [1.54, 1.807) is 30.5 Å². The second-order valence-corrected chi connectivity index (χ2v) is 7.04. The highest BCUT2D eigenvalue weighted by atomic mass is 19.1. The molecule has 8 nitrogen and oxygen atoms in total. The SMILES string of the molecule is Cc1cc(-n2c(C)cc(C(=O)COC(=O)c3cncn3-c3ccc(F)cc3)c2C)no1. The van der Waals surface area contributed by atoms with Gasteiger partial charge in [-0.2, -0.15) is 0 Å². The van der Waals surface area contributed by atoms with Gasteiger partial charge in [-0.25, -0.2) is 14.2 Å². The highest BCUT2D eigenvalue weighted by Gasteiger charge is 2.21. The average Bonchev–Trinajstić information content (AvgIpc) is 3.46. The number of benzene rings is 1. The van der Waals surface area contributed by atoms with Crippen molar-refractivity contribution in [1.82, 2.24) is 19.3 Å². The van der Waals surface area contributed by atoms with Crippen LogP contribution in [0.3, 0.4) is 0 Å². The number of rotatable bonds is 6. The zero-order valence-corrected chi connectivity index (χ0v) is 17.1. The molecular weight excluding hydrogens is 403 g/mol. The number of carbonyl (C=O) groups excluding carboxylic acids is 2. The minimum atomic E-state index is -0.712. The van der Waals surface area contributed by atoms with Gasteiger partial charge < -0.3 is 9.26 Å². The molecule has 0 bridgehead atoms. The second kappa shape index (κ2) is 8.02. The van der Waals surface area contributed by atoms with Crippen LogP contribution in [-0.4, -0.2) is 37.6 Å². The molecule has 0 unspecified atom stereocenters. The van der Waals surface area contributed by atoms with Crippen molar-refractivity contribution in [1.29, 1.82) is 0 Å². The number of imidazole rings is 1. The van der Waals surface area contributed by atoms with Crippen molar-refractivity contribution in [2.75, 3.05) is 6.61 Å². The van der Waals surface area contributed by atoms with Crippen LogP contribution in [0.2, 0.25) is 0 Å². The third-order valence-electron chi connectivity index (χ3n) is 4.86. The van der Waals surface area contributed by atoms with Crippen molar-refractivity contribution in [3.8, 4) is 11.5 Å². The van der Waals surface area contributed by atoms with E-state index in [0.29, 0.717) is 28.5 Å². The Bertz CT molecular complexity index is 1270. The molecule has 158 valence electrons. The zero-order valence-electron chi connectivity index (χ0n) is 17.1. The van der Waals surface area contributed by atoms with Crippen LogP contribution in [0, 0.1) is 26.6 Å². The van der Waals surface area contributed by atoms with E-state index < -0.39 is 18.4 Å². The molecule has 1 aromatic carbocycles. The molecule has 4 aromatic rings. The van der Waals surface area contributed by atoms with E-state index in [9.17, 15) is 14.0 Å². The molecule has 0 aliphatic rings. The number of aryl methyl sites for hydroxylation is 2. The first-order valence-electron chi connectivity index (χ1n) is 9.46. The first-order chi connectivity index (χ1) is 14.8. The largest absolute Gasteiger partial charge is 0.453 e. The fourth-order valence-electron chi connectivity index (χ4n) is 3.39. The van der Waals surface area contributed by atoms with Crippen molar-refractivity contribution in [2.24, 2.45) is 0 Å². The van der Waals surface area contributed by atoms with E-state index >= 15 is 0 Å². The molecule has 0 fully saturated rings. The Morgan fingerprint density at radius 1 is 1.13 bits per heavy atom. The number of hydrogen-bond donors (Lipinski definition) is 0. The number of nitrogens with zero attached hydrogens (tertiary/aromatic N) is 4. The van der Waals surface area contributed by atoms with Crippen LogP contribution in [-0.2, 0) is 4.74 Å². The molecule has 3 aromatic heterocycles. The molecule has 0 atom stereocenters. The van der Waals surface area contributed by atoms with E-state index in [1.807, 2.05) is 6.92 Å². The normalized spacial score (nSPS) is 11.0. The van der Waals surface area contributed by atoms with Gasteiger partial charge in [0.25, 0.3) is 0 Å². The van der Waals surface area contributed by atoms with Crippen LogP contribution in [0.5, 0.6) is 0 Å². The van der Waals surface area contributed by atoms with Crippen molar-refractivity contribution in [2.45, 2.75) is 20.8 Å². The Balaban J connectivity index is 1.50. The smallest absolute Gasteiger partial charge is 0.357 e. The van der Waals surface area contributed by atoms with Crippen molar-refractivity contribution < 1.29 is 23.2 Å². The van der Waals surface area contributed by atoms with E-state index in [2.05, 4.69) is 10.1 Å². The molecule has 0 spiro atoms. The maximum Gasteiger partial charge on any atom is 0.357 e. The molecule has 0 radical (unpaired) electrons.